The lowest BCUT2D eigenvalue weighted by atomic mass is 9.57. The summed E-state index contributed by atoms with van der Waals surface area (Å²) in [4.78, 5) is 86.5. The van der Waals surface area contributed by atoms with Crippen molar-refractivity contribution in [2.75, 3.05) is 16.9 Å². The Morgan fingerprint density at radius 2 is 1.10 bits per heavy atom. The highest BCUT2D eigenvalue weighted by molar-refractivity contribution is 9.10. The van der Waals surface area contributed by atoms with E-state index >= 15 is 0 Å². The fourth-order valence-electron chi connectivity index (χ4n) is 9.44. The zero-order valence-electron chi connectivity index (χ0n) is 31.1. The van der Waals surface area contributed by atoms with Gasteiger partial charge in [-0.1, -0.05) is 72.3 Å². The number of hydrogen-bond donors (Lipinski definition) is 1. The molecular formula is C47H35BrN2O8. The molecule has 2 heterocycles. The van der Waals surface area contributed by atoms with Crippen molar-refractivity contribution in [1.29, 1.82) is 0 Å². The molecule has 6 atom stereocenters. The average Bonchev–Trinajstić information content (AvgIpc) is 3.67. The Bertz CT molecular complexity index is 2570. The molecule has 0 radical (unpaired) electrons. The first-order chi connectivity index (χ1) is 28.1. The van der Waals surface area contributed by atoms with Crippen molar-refractivity contribution in [3.05, 3.63) is 165 Å². The van der Waals surface area contributed by atoms with E-state index in [1.54, 1.807) is 109 Å². The number of carbonyl (C=O) groups excluding carboxylic acids is 6. The molecule has 9 rings (SSSR count). The van der Waals surface area contributed by atoms with Crippen LogP contribution in [0.15, 0.2) is 137 Å². The van der Waals surface area contributed by atoms with Gasteiger partial charge < -0.3 is 9.84 Å². The molecule has 0 aromatic heterocycles. The van der Waals surface area contributed by atoms with Crippen LogP contribution >= 0.6 is 15.9 Å². The quantitative estimate of drug-likeness (QED) is 0.0956. The van der Waals surface area contributed by atoms with Crippen LogP contribution in [0.3, 0.4) is 0 Å². The van der Waals surface area contributed by atoms with E-state index in [2.05, 4.69) is 15.9 Å². The van der Waals surface area contributed by atoms with Crippen molar-refractivity contribution >= 4 is 62.5 Å². The van der Waals surface area contributed by atoms with Crippen LogP contribution < -0.4 is 14.5 Å². The van der Waals surface area contributed by atoms with Crippen molar-refractivity contribution in [2.24, 2.45) is 29.6 Å². The maximum Gasteiger partial charge on any atom is 0.238 e. The van der Waals surface area contributed by atoms with Crippen LogP contribution in [0, 0.1) is 29.6 Å². The number of hydrogen-bond acceptors (Lipinski definition) is 8. The molecule has 0 unspecified atom stereocenters. The van der Waals surface area contributed by atoms with Crippen molar-refractivity contribution in [2.45, 2.75) is 18.8 Å². The van der Waals surface area contributed by atoms with Crippen LogP contribution in [0.25, 0.3) is 0 Å². The van der Waals surface area contributed by atoms with Gasteiger partial charge in [0.05, 0.1) is 46.6 Å². The highest BCUT2D eigenvalue weighted by Gasteiger charge is 2.62. The highest BCUT2D eigenvalue weighted by atomic mass is 79.9. The smallest absolute Gasteiger partial charge is 0.238 e. The zero-order valence-corrected chi connectivity index (χ0v) is 32.7. The molecule has 5 aromatic rings. The first-order valence-corrected chi connectivity index (χ1v) is 19.8. The van der Waals surface area contributed by atoms with E-state index in [0.717, 1.165) is 5.57 Å². The van der Waals surface area contributed by atoms with Gasteiger partial charge >= 0.3 is 0 Å². The van der Waals surface area contributed by atoms with Crippen LogP contribution in [0.1, 0.15) is 56.2 Å². The number of phenolic OH excluding ortho intramolecular Hbond substituents is 1. The second-order valence-electron chi connectivity index (χ2n) is 15.1. The number of imide groups is 2. The van der Waals surface area contributed by atoms with Crippen LogP contribution in [0.5, 0.6) is 11.5 Å². The SMILES string of the molecule is COc1cc([C@H]2C3=CC[C@@H]4C(=O)N(c5ccc(C(=O)c6ccccc6)cc5)C(=O)[C@@H]4[C@@H]3C[C@H]3C(=O)N(c4ccc(C(=O)c5ccccc5)cc4)C(=O)[C@@H]23)cc(Br)c1O. The Hall–Kier alpha value is -6.46. The van der Waals surface area contributed by atoms with Gasteiger partial charge in [-0.2, -0.15) is 0 Å². The number of ketones is 2. The Morgan fingerprint density at radius 1 is 0.621 bits per heavy atom. The molecule has 2 saturated heterocycles. The van der Waals surface area contributed by atoms with E-state index in [1.165, 1.54) is 16.9 Å². The molecule has 4 aliphatic rings. The van der Waals surface area contributed by atoms with Gasteiger partial charge in [0.15, 0.2) is 23.1 Å². The maximum atomic E-state index is 14.7. The van der Waals surface area contributed by atoms with Gasteiger partial charge in [0.1, 0.15) is 0 Å². The van der Waals surface area contributed by atoms with Crippen LogP contribution in [0.4, 0.5) is 11.4 Å². The van der Waals surface area contributed by atoms with E-state index < -0.39 is 53.2 Å². The molecule has 4 amide bonds. The minimum Gasteiger partial charge on any atom is -0.503 e. The molecule has 288 valence electrons. The van der Waals surface area contributed by atoms with Gasteiger partial charge in [0, 0.05) is 28.2 Å². The van der Waals surface area contributed by atoms with Crippen molar-refractivity contribution in [3.63, 3.8) is 0 Å². The van der Waals surface area contributed by atoms with E-state index in [4.69, 9.17) is 4.74 Å². The summed E-state index contributed by atoms with van der Waals surface area (Å²) in [5.41, 5.74) is 3.89. The lowest BCUT2D eigenvalue weighted by molar-refractivity contribution is -0.126. The first-order valence-electron chi connectivity index (χ1n) is 19.0. The molecule has 10 nitrogen and oxygen atoms in total. The number of ether oxygens (including phenoxy) is 1. The summed E-state index contributed by atoms with van der Waals surface area (Å²) in [7, 11) is 1.42. The summed E-state index contributed by atoms with van der Waals surface area (Å²) in [5, 5.41) is 10.7. The second-order valence-corrected chi connectivity index (χ2v) is 15.9. The summed E-state index contributed by atoms with van der Waals surface area (Å²) in [6.45, 7) is 0. The second kappa shape index (κ2) is 14.5. The molecule has 11 heteroatoms. The number of amides is 4. The lowest BCUT2D eigenvalue weighted by Crippen LogP contribution is -2.43. The van der Waals surface area contributed by atoms with E-state index in [0.29, 0.717) is 43.7 Å². The van der Waals surface area contributed by atoms with E-state index in [1.807, 2.05) is 18.2 Å². The zero-order chi connectivity index (χ0) is 40.4. The largest absolute Gasteiger partial charge is 0.503 e. The predicted molar refractivity (Wildman–Crippen MR) is 217 cm³/mol. The highest BCUT2D eigenvalue weighted by Crippen LogP contribution is 2.59. The number of anilines is 2. The number of aromatic hydroxyl groups is 1. The summed E-state index contributed by atoms with van der Waals surface area (Å²) >= 11 is 3.43. The number of carbonyl (C=O) groups is 6. The van der Waals surface area contributed by atoms with Gasteiger partial charge in [-0.25, -0.2) is 0 Å². The van der Waals surface area contributed by atoms with Gasteiger partial charge in [-0.05, 0) is 101 Å². The summed E-state index contributed by atoms with van der Waals surface area (Å²) in [6, 6.07) is 33.8. The predicted octanol–water partition coefficient (Wildman–Crippen LogP) is 7.67. The Balaban J connectivity index is 1.07. The average molecular weight is 836 g/mol. The van der Waals surface area contributed by atoms with Gasteiger partial charge in [0.2, 0.25) is 23.6 Å². The third-order valence-corrected chi connectivity index (χ3v) is 12.7. The van der Waals surface area contributed by atoms with E-state index in [-0.39, 0.29) is 41.8 Å². The minimum absolute atomic E-state index is 0.128. The number of fused-ring (bicyclic) bond motifs is 4. The molecule has 5 aromatic carbocycles. The summed E-state index contributed by atoms with van der Waals surface area (Å²) in [5.74, 6) is -6.42. The molecule has 3 fully saturated rings. The van der Waals surface area contributed by atoms with Crippen LogP contribution in [-0.2, 0) is 19.2 Å². The number of rotatable bonds is 8. The Kier molecular flexibility index (Phi) is 9.27. The fourth-order valence-corrected chi connectivity index (χ4v) is 9.90. The van der Waals surface area contributed by atoms with Crippen LogP contribution in [0.2, 0.25) is 0 Å². The molecular weight excluding hydrogens is 800 g/mol. The maximum absolute atomic E-state index is 14.7. The normalized spacial score (nSPS) is 23.6. The Labute approximate surface area is 341 Å². The van der Waals surface area contributed by atoms with Crippen molar-refractivity contribution in [3.8, 4) is 11.5 Å². The molecule has 0 bridgehead atoms. The standard InChI is InChI=1S/C47H35BrN2O8/c1-58-37-23-29(22-36(48)43(37)53)38-32-20-21-33-39(46(56)49(44(33)54)30-16-12-27(13-17-30)41(51)25-8-4-2-5-9-25)34(32)24-35-40(38)47(57)50(45(35)55)31-18-14-28(15-19-31)42(52)26-10-6-3-7-11-26/h2-20,22-23,33-35,38-40,53H,21,24H2,1H3/t33-,34+,35+,38-,39-,40+/m0/s1. The van der Waals surface area contributed by atoms with Crippen LogP contribution in [-0.4, -0.2) is 47.4 Å². The number of nitrogens with zero attached hydrogens (tertiary/aromatic N) is 2. The van der Waals surface area contributed by atoms with Crippen molar-refractivity contribution in [1.82, 2.24) is 0 Å². The number of allylic oxidation sites excluding steroid dienone is 2. The van der Waals surface area contributed by atoms with Gasteiger partial charge in [-0.15, -0.1) is 0 Å². The van der Waals surface area contributed by atoms with Gasteiger partial charge in [-0.3, -0.25) is 38.6 Å². The molecule has 2 aliphatic heterocycles. The molecule has 0 spiro atoms. The monoisotopic (exact) mass is 834 g/mol. The Morgan fingerprint density at radius 3 is 1.62 bits per heavy atom. The lowest BCUT2D eigenvalue weighted by Gasteiger charge is -2.44. The first kappa shape index (κ1) is 37.1. The fraction of sp³-hybridized carbons (Fsp3) is 0.191. The third-order valence-electron chi connectivity index (χ3n) is 12.1. The molecule has 2 aliphatic carbocycles. The number of methoxy groups -OCH3 is 1. The minimum atomic E-state index is -0.865. The van der Waals surface area contributed by atoms with E-state index in [9.17, 15) is 33.9 Å². The molecule has 1 N–H and O–H groups in total. The summed E-state index contributed by atoms with van der Waals surface area (Å²) < 4.78 is 5.83. The molecule has 58 heavy (non-hydrogen) atoms. The number of benzene rings is 5. The topological polar surface area (TPSA) is 138 Å². The number of halogens is 1. The number of phenols is 1. The van der Waals surface area contributed by atoms with Crippen molar-refractivity contribution < 1.29 is 38.6 Å². The molecule has 1 saturated carbocycles. The summed E-state index contributed by atoms with van der Waals surface area (Å²) in [6.07, 6.45) is 2.35. The third kappa shape index (κ3) is 5.91. The van der Waals surface area contributed by atoms with Gasteiger partial charge in [0.25, 0.3) is 0 Å².